The fourth-order valence-electron chi connectivity index (χ4n) is 6.25. The van der Waals surface area contributed by atoms with Gasteiger partial charge < -0.3 is 25.0 Å². The number of carbonyl (C=O) groups excluding carboxylic acids is 2. The van der Waals surface area contributed by atoms with Crippen molar-refractivity contribution in [2.75, 3.05) is 51.8 Å². The highest BCUT2D eigenvalue weighted by molar-refractivity contribution is 7.91. The van der Waals surface area contributed by atoms with E-state index in [2.05, 4.69) is 38.7 Å². The van der Waals surface area contributed by atoms with Gasteiger partial charge in [-0.2, -0.15) is 0 Å². The molecule has 0 spiro atoms. The van der Waals surface area contributed by atoms with Crippen molar-refractivity contribution in [3.63, 3.8) is 0 Å². The highest BCUT2D eigenvalue weighted by Crippen LogP contribution is 2.49. The minimum absolute atomic E-state index is 0.0587. The molecule has 13 heteroatoms. The number of hydrogen-bond donors (Lipinski definition) is 2. The molecule has 1 atom stereocenters. The molecular formula is C33H38N6O6S. The summed E-state index contributed by atoms with van der Waals surface area (Å²) in [5.41, 5.74) is 2.88. The Bertz CT molecular complexity index is 1900. The number of amides is 2. The number of hydrogen-bond acceptors (Lipinski definition) is 9. The molecule has 1 saturated heterocycles. The molecule has 2 amide bonds. The Morgan fingerprint density at radius 3 is 2.59 bits per heavy atom. The Kier molecular flexibility index (Phi) is 8.23. The van der Waals surface area contributed by atoms with Crippen molar-refractivity contribution in [1.29, 1.82) is 0 Å². The van der Waals surface area contributed by atoms with E-state index in [-0.39, 0.29) is 35.2 Å². The number of piperazine rings is 1. The summed E-state index contributed by atoms with van der Waals surface area (Å²) in [6, 6.07) is 5.26. The predicted octanol–water partition coefficient (Wildman–Crippen LogP) is 3.32. The molecule has 0 radical (unpaired) electrons. The molecule has 0 bridgehead atoms. The van der Waals surface area contributed by atoms with E-state index in [1.54, 1.807) is 43.6 Å². The first-order chi connectivity index (χ1) is 22.0. The number of dihydropyridines is 1. The first-order valence-electron chi connectivity index (χ1n) is 15.2. The number of rotatable bonds is 10. The van der Waals surface area contributed by atoms with Crippen LogP contribution in [0.4, 0.5) is 5.69 Å². The normalized spacial score (nSPS) is 19.8. The van der Waals surface area contributed by atoms with E-state index in [0.717, 1.165) is 42.0 Å². The number of aromatic hydroxyl groups is 1. The fourth-order valence-corrected chi connectivity index (χ4v) is 8.26. The molecule has 4 heterocycles. The maximum Gasteiger partial charge on any atom is 0.258 e. The van der Waals surface area contributed by atoms with E-state index in [1.165, 1.54) is 7.11 Å². The predicted molar refractivity (Wildman–Crippen MR) is 177 cm³/mol. The monoisotopic (exact) mass is 646 g/mol. The molecule has 1 aliphatic carbocycles. The maximum atomic E-state index is 14.0. The van der Waals surface area contributed by atoms with Crippen LogP contribution in [0, 0.1) is 5.92 Å². The lowest BCUT2D eigenvalue weighted by Gasteiger charge is -2.34. The number of carbonyl (C=O) groups is 2. The molecule has 12 nitrogen and oxygen atoms in total. The van der Waals surface area contributed by atoms with E-state index in [1.807, 2.05) is 6.07 Å². The molecule has 1 unspecified atom stereocenters. The molecule has 2 aliphatic heterocycles. The van der Waals surface area contributed by atoms with Gasteiger partial charge in [0.25, 0.3) is 11.8 Å². The number of nitrogens with zero attached hydrogens (tertiary/aromatic N) is 5. The second-order valence-electron chi connectivity index (χ2n) is 12.2. The van der Waals surface area contributed by atoms with E-state index < -0.39 is 32.5 Å². The number of pyridine rings is 1. The third kappa shape index (κ3) is 5.58. The van der Waals surface area contributed by atoms with E-state index in [9.17, 15) is 23.1 Å². The average molecular weight is 647 g/mol. The van der Waals surface area contributed by atoms with Gasteiger partial charge in [-0.15, -0.1) is 6.58 Å². The number of allylic oxidation sites excluding steroid dienone is 2. The Morgan fingerprint density at radius 1 is 1.17 bits per heavy atom. The number of anilines is 1. The summed E-state index contributed by atoms with van der Waals surface area (Å²) in [5.74, 6) is -1.84. The van der Waals surface area contributed by atoms with Crippen molar-refractivity contribution in [2.24, 2.45) is 10.9 Å². The molecule has 6 rings (SSSR count). The van der Waals surface area contributed by atoms with Gasteiger partial charge in [-0.25, -0.2) is 17.4 Å². The van der Waals surface area contributed by atoms with Crippen LogP contribution >= 0.6 is 0 Å². The summed E-state index contributed by atoms with van der Waals surface area (Å²) >= 11 is 0. The molecular weight excluding hydrogens is 608 g/mol. The number of likely N-dealkylation sites (N-methyl/N-ethyl adjacent to an activating group) is 1. The zero-order chi connectivity index (χ0) is 32.8. The maximum absolute atomic E-state index is 14.0. The topological polar surface area (TPSA) is 146 Å². The van der Waals surface area contributed by atoms with Crippen LogP contribution in [0.25, 0.3) is 22.0 Å². The Labute approximate surface area is 268 Å². The molecule has 1 aromatic carbocycles. The summed E-state index contributed by atoms with van der Waals surface area (Å²) < 4.78 is 33.5. The van der Waals surface area contributed by atoms with Gasteiger partial charge in [-0.3, -0.25) is 14.6 Å². The van der Waals surface area contributed by atoms with E-state index in [0.29, 0.717) is 35.4 Å². The molecule has 1 saturated carbocycles. The molecule has 3 aromatic rings. The summed E-state index contributed by atoms with van der Waals surface area (Å²) in [5, 5.41) is 14.0. The summed E-state index contributed by atoms with van der Waals surface area (Å²) in [6.07, 6.45) is 9.07. The van der Waals surface area contributed by atoms with Gasteiger partial charge in [0.2, 0.25) is 10.0 Å². The van der Waals surface area contributed by atoms with E-state index >= 15 is 0 Å². The van der Waals surface area contributed by atoms with Gasteiger partial charge in [0.1, 0.15) is 17.4 Å². The van der Waals surface area contributed by atoms with Crippen LogP contribution in [0.1, 0.15) is 36.5 Å². The zero-order valence-corrected chi connectivity index (χ0v) is 27.0. The number of nitrogens with one attached hydrogen (secondary N) is 1. The minimum Gasteiger partial charge on any atom is -0.506 e. The van der Waals surface area contributed by atoms with E-state index in [4.69, 9.17) is 4.74 Å². The third-order valence-electron chi connectivity index (χ3n) is 9.13. The molecule has 242 valence electrons. The van der Waals surface area contributed by atoms with Crippen molar-refractivity contribution in [2.45, 2.75) is 30.9 Å². The van der Waals surface area contributed by atoms with Crippen molar-refractivity contribution in [3.05, 3.63) is 66.8 Å². The first-order valence-corrected chi connectivity index (χ1v) is 16.7. The van der Waals surface area contributed by atoms with Crippen molar-refractivity contribution in [1.82, 2.24) is 19.2 Å². The van der Waals surface area contributed by atoms with Crippen LogP contribution in [0.15, 0.2) is 66.3 Å². The minimum atomic E-state index is -3.98. The number of methoxy groups -OCH3 is 1. The van der Waals surface area contributed by atoms with Crippen LogP contribution < -0.4 is 10.2 Å². The molecule has 46 heavy (non-hydrogen) atoms. The van der Waals surface area contributed by atoms with Crippen molar-refractivity contribution in [3.8, 4) is 16.9 Å². The lowest BCUT2D eigenvalue weighted by atomic mass is 9.99. The molecule has 2 N–H and O–H groups in total. The molecule has 3 aliphatic rings. The Morgan fingerprint density at radius 2 is 1.91 bits per heavy atom. The van der Waals surface area contributed by atoms with Gasteiger partial charge in [-0.05, 0) is 63.1 Å². The fraction of sp³-hybridized carbons (Fsp3) is 0.394. The lowest BCUT2D eigenvalue weighted by Crippen LogP contribution is -2.44. The third-order valence-corrected chi connectivity index (χ3v) is 11.6. The Balaban J connectivity index is 1.44. The second-order valence-corrected chi connectivity index (χ2v) is 14.4. The standard InChI is InChI=1S/C33H38N6O6S/c1-5-6-33(7-8-33)46(43,44)39-20-28(40)30-25(31(41)35-19-26-29(45-4)13-21(2)36-32(26)42)15-22(16-27(30)39)23-14-24(18-34-17-23)38-11-9-37(3)10-12-38/h5,13-18,20,26,40H,1,6-12,19H2,2-4H3,(H,35,41). The largest absolute Gasteiger partial charge is 0.506 e. The van der Waals surface area contributed by atoms with Crippen LogP contribution in [0.2, 0.25) is 0 Å². The van der Waals surface area contributed by atoms with Gasteiger partial charge in [0, 0.05) is 50.2 Å². The van der Waals surface area contributed by atoms with Gasteiger partial charge >= 0.3 is 0 Å². The van der Waals surface area contributed by atoms with Crippen molar-refractivity contribution < 1.29 is 27.9 Å². The highest BCUT2D eigenvalue weighted by atomic mass is 32.2. The van der Waals surface area contributed by atoms with Crippen LogP contribution in [-0.2, 0) is 19.6 Å². The average Bonchev–Trinajstić information content (AvgIpc) is 3.76. The SMILES string of the molecule is C=CCC1(S(=O)(=O)n2cc(O)c3c(C(=O)NCC4C(=O)N=C(C)C=C4OC)cc(-c4cncc(N5CCN(C)CC5)c4)cc32)CC1. The smallest absolute Gasteiger partial charge is 0.258 e. The summed E-state index contributed by atoms with van der Waals surface area (Å²) in [6.45, 7) is 8.80. The number of ether oxygens (including phenoxy) is 1. The number of aliphatic imine (C=N–C) groups is 1. The quantitative estimate of drug-likeness (QED) is 0.317. The highest BCUT2D eigenvalue weighted by Gasteiger charge is 2.54. The van der Waals surface area contributed by atoms with Gasteiger partial charge in [0.05, 0.1) is 46.4 Å². The van der Waals surface area contributed by atoms with Gasteiger partial charge in [0.15, 0.2) is 0 Å². The van der Waals surface area contributed by atoms with Crippen LogP contribution in [0.3, 0.4) is 0 Å². The Hall–Kier alpha value is -4.49. The van der Waals surface area contributed by atoms with Crippen LogP contribution in [0.5, 0.6) is 5.75 Å². The zero-order valence-electron chi connectivity index (χ0n) is 26.2. The second kappa shape index (κ2) is 12.0. The number of benzene rings is 1. The van der Waals surface area contributed by atoms with Gasteiger partial charge in [-0.1, -0.05) is 6.08 Å². The summed E-state index contributed by atoms with van der Waals surface area (Å²) in [4.78, 5) is 39.5. The molecule has 2 fully saturated rings. The van der Waals surface area contributed by atoms with Crippen molar-refractivity contribution >= 4 is 44.1 Å². The molecule has 2 aromatic heterocycles. The van der Waals surface area contributed by atoms with Crippen LogP contribution in [-0.4, -0.2) is 96.5 Å². The summed E-state index contributed by atoms with van der Waals surface area (Å²) in [7, 11) is -0.448. The lowest BCUT2D eigenvalue weighted by molar-refractivity contribution is -0.121. The number of fused-ring (bicyclic) bond motifs is 1. The first kappa shape index (κ1) is 31.5. The number of aromatic nitrogens is 2.